The van der Waals surface area contributed by atoms with Crippen LogP contribution in [0.15, 0.2) is 41.4 Å². The number of anilines is 3. The zero-order chi connectivity index (χ0) is 25.6. The molecule has 3 amide bonds. The Morgan fingerprint density at radius 2 is 2.11 bits per heavy atom. The van der Waals surface area contributed by atoms with E-state index in [1.807, 2.05) is 10.2 Å². The summed E-state index contributed by atoms with van der Waals surface area (Å²) in [5, 5.41) is 4.47. The monoisotopic (exact) mass is 521 g/mol. The molecule has 0 saturated carbocycles. The van der Waals surface area contributed by atoms with Crippen LogP contribution >= 0.6 is 11.6 Å². The Morgan fingerprint density at radius 3 is 2.83 bits per heavy atom. The van der Waals surface area contributed by atoms with Crippen LogP contribution < -0.4 is 20.4 Å². The summed E-state index contributed by atoms with van der Waals surface area (Å²) < 4.78 is 44.1. The van der Waals surface area contributed by atoms with Crippen molar-refractivity contribution in [3.63, 3.8) is 0 Å². The molecule has 36 heavy (non-hydrogen) atoms. The highest BCUT2D eigenvalue weighted by molar-refractivity contribution is 6.34. The van der Waals surface area contributed by atoms with Crippen LogP contribution in [-0.4, -0.2) is 58.2 Å². The summed E-state index contributed by atoms with van der Waals surface area (Å²) >= 11 is 6.24. The van der Waals surface area contributed by atoms with Gasteiger partial charge < -0.3 is 14.6 Å². The van der Waals surface area contributed by atoms with Gasteiger partial charge in [-0.2, -0.15) is 13.2 Å². The first-order chi connectivity index (χ1) is 17.1. The molecule has 3 aromatic heterocycles. The summed E-state index contributed by atoms with van der Waals surface area (Å²) in [5.74, 6) is -0.242. The Bertz CT molecular complexity index is 1320. The summed E-state index contributed by atoms with van der Waals surface area (Å²) in [4.78, 5) is 41.6. The molecule has 188 valence electrons. The molecule has 0 spiro atoms. The quantitative estimate of drug-likeness (QED) is 0.531. The van der Waals surface area contributed by atoms with Gasteiger partial charge in [0.05, 0.1) is 22.9 Å². The second-order valence-electron chi connectivity index (χ2n) is 8.38. The van der Waals surface area contributed by atoms with Crippen molar-refractivity contribution < 1.29 is 27.2 Å². The van der Waals surface area contributed by atoms with E-state index in [-0.39, 0.29) is 22.7 Å². The molecule has 0 unspecified atom stereocenters. The van der Waals surface area contributed by atoms with E-state index >= 15 is 0 Å². The van der Waals surface area contributed by atoms with E-state index < -0.39 is 29.9 Å². The molecule has 2 aliphatic heterocycles. The standard InChI is InChI=1S/C22H19ClF3N7O3/c1-11(22(24,25)26)29-20(34)18-14(23)7-15-19(31-18)33(13-3-5-32(15)9-13)21(35)30-17-6-12(2-4-28-17)16-8-27-10-36-16/h2,4,6-8,10-11,13H,3,5,9H2,1H3,(H,29,34)(H,28,30,35)/t11-,13+/m1/s1. The third-order valence-corrected chi connectivity index (χ3v) is 6.31. The fourth-order valence-corrected chi connectivity index (χ4v) is 4.40. The Kier molecular flexibility index (Phi) is 5.94. The number of pyridine rings is 2. The average molecular weight is 522 g/mol. The highest BCUT2D eigenvalue weighted by atomic mass is 35.5. The minimum absolute atomic E-state index is 0.118. The second-order valence-corrected chi connectivity index (χ2v) is 8.79. The van der Waals surface area contributed by atoms with Gasteiger partial charge in [-0.25, -0.2) is 19.7 Å². The normalized spacial score (nSPS) is 17.5. The van der Waals surface area contributed by atoms with Crippen LogP contribution in [0.2, 0.25) is 5.02 Å². The fourth-order valence-electron chi connectivity index (χ4n) is 4.17. The van der Waals surface area contributed by atoms with E-state index in [1.54, 1.807) is 12.1 Å². The Morgan fingerprint density at radius 1 is 1.31 bits per heavy atom. The van der Waals surface area contributed by atoms with Crippen molar-refractivity contribution >= 4 is 40.9 Å². The number of hydrogen-bond acceptors (Lipinski definition) is 7. The number of rotatable bonds is 4. The summed E-state index contributed by atoms with van der Waals surface area (Å²) in [6.45, 7) is 1.95. The number of oxazole rings is 1. The number of urea groups is 1. The van der Waals surface area contributed by atoms with Crippen molar-refractivity contribution in [2.24, 2.45) is 0 Å². The third kappa shape index (κ3) is 4.41. The van der Waals surface area contributed by atoms with Gasteiger partial charge in [0.2, 0.25) is 0 Å². The largest absolute Gasteiger partial charge is 0.444 e. The van der Waals surface area contributed by atoms with Crippen LogP contribution in [0.3, 0.4) is 0 Å². The molecule has 2 bridgehead atoms. The lowest BCUT2D eigenvalue weighted by molar-refractivity contribution is -0.149. The summed E-state index contributed by atoms with van der Waals surface area (Å²) in [6.07, 6.45) is 0.288. The topological polar surface area (TPSA) is 116 Å². The molecule has 5 heterocycles. The van der Waals surface area contributed by atoms with Crippen molar-refractivity contribution in [3.05, 3.63) is 47.7 Å². The van der Waals surface area contributed by atoms with Crippen LogP contribution in [-0.2, 0) is 0 Å². The van der Waals surface area contributed by atoms with Crippen LogP contribution in [0.5, 0.6) is 0 Å². The van der Waals surface area contributed by atoms with E-state index in [0.29, 0.717) is 36.5 Å². The average Bonchev–Trinajstić information content (AvgIpc) is 3.50. The molecule has 1 fully saturated rings. The number of hydrogen-bond donors (Lipinski definition) is 2. The van der Waals surface area contributed by atoms with Gasteiger partial charge in [-0.1, -0.05) is 11.6 Å². The van der Waals surface area contributed by atoms with E-state index in [1.165, 1.54) is 29.8 Å². The third-order valence-electron chi connectivity index (χ3n) is 6.02. The first-order valence-corrected chi connectivity index (χ1v) is 11.3. The predicted octanol–water partition coefficient (Wildman–Crippen LogP) is 4.10. The lowest BCUT2D eigenvalue weighted by Crippen LogP contribution is -2.49. The van der Waals surface area contributed by atoms with Crippen LogP contribution in [0.25, 0.3) is 11.3 Å². The van der Waals surface area contributed by atoms with Crippen molar-refractivity contribution in [3.8, 4) is 11.3 Å². The molecular weight excluding hydrogens is 503 g/mol. The lowest BCUT2D eigenvalue weighted by atomic mass is 10.1. The van der Waals surface area contributed by atoms with Gasteiger partial charge in [0, 0.05) is 24.8 Å². The van der Waals surface area contributed by atoms with E-state index in [9.17, 15) is 22.8 Å². The minimum atomic E-state index is -4.64. The maximum atomic E-state index is 13.4. The zero-order valence-corrected chi connectivity index (χ0v) is 19.5. The number of amides is 3. The molecular formula is C22H19ClF3N7O3. The fraction of sp³-hybridized carbons (Fsp3) is 0.318. The van der Waals surface area contributed by atoms with Gasteiger partial charge >= 0.3 is 12.2 Å². The van der Waals surface area contributed by atoms with Crippen LogP contribution in [0, 0.1) is 0 Å². The number of nitrogens with zero attached hydrogens (tertiary/aromatic N) is 5. The number of carbonyl (C=O) groups excluding carboxylic acids is 2. The number of halogens is 4. The molecule has 10 nitrogen and oxygen atoms in total. The van der Waals surface area contributed by atoms with Gasteiger partial charge in [-0.05, 0) is 31.5 Å². The molecule has 1 saturated heterocycles. The van der Waals surface area contributed by atoms with Crippen molar-refractivity contribution in [1.82, 2.24) is 20.3 Å². The Balaban J connectivity index is 1.45. The van der Waals surface area contributed by atoms with E-state index in [0.717, 1.165) is 6.92 Å². The van der Waals surface area contributed by atoms with Crippen molar-refractivity contribution in [2.75, 3.05) is 28.2 Å². The highest BCUT2D eigenvalue weighted by Crippen LogP contribution is 2.41. The number of aromatic nitrogens is 3. The van der Waals surface area contributed by atoms with Crippen LogP contribution in [0.4, 0.5) is 35.3 Å². The maximum absolute atomic E-state index is 13.4. The highest BCUT2D eigenvalue weighted by Gasteiger charge is 2.42. The second kappa shape index (κ2) is 8.97. The summed E-state index contributed by atoms with van der Waals surface area (Å²) in [6, 6.07) is 1.81. The first kappa shape index (κ1) is 23.9. The molecule has 5 rings (SSSR count). The van der Waals surface area contributed by atoms with Crippen LogP contribution in [0.1, 0.15) is 23.8 Å². The smallest absolute Gasteiger partial charge is 0.408 e. The van der Waals surface area contributed by atoms with Gasteiger partial charge in [-0.3, -0.25) is 15.0 Å². The number of carbonyl (C=O) groups is 2. The lowest BCUT2D eigenvalue weighted by Gasteiger charge is -2.36. The molecule has 2 aliphatic rings. The Labute approximate surface area is 207 Å². The molecule has 2 N–H and O–H groups in total. The van der Waals surface area contributed by atoms with E-state index in [2.05, 4.69) is 20.3 Å². The van der Waals surface area contributed by atoms with Crippen molar-refractivity contribution in [1.29, 1.82) is 0 Å². The van der Waals surface area contributed by atoms with E-state index in [4.69, 9.17) is 16.0 Å². The molecule has 0 aliphatic carbocycles. The SMILES string of the molecule is C[C@@H](NC(=O)c1nc2c(cc1Cl)N1CC[C@@H](C1)N2C(=O)Nc1cc(-c2cnco2)ccn1)C(F)(F)F. The molecule has 3 aromatic rings. The minimum Gasteiger partial charge on any atom is -0.444 e. The number of nitrogens with one attached hydrogen (secondary N) is 2. The first-order valence-electron chi connectivity index (χ1n) is 10.9. The molecule has 0 radical (unpaired) electrons. The maximum Gasteiger partial charge on any atom is 0.408 e. The summed E-state index contributed by atoms with van der Waals surface area (Å²) in [7, 11) is 0. The molecule has 0 aromatic carbocycles. The molecule has 2 atom stereocenters. The molecule has 14 heteroatoms. The Hall–Kier alpha value is -3.87. The number of alkyl halides is 3. The van der Waals surface area contributed by atoms with Gasteiger partial charge in [0.1, 0.15) is 17.6 Å². The summed E-state index contributed by atoms with van der Waals surface area (Å²) in [5.41, 5.74) is 0.747. The predicted molar refractivity (Wildman–Crippen MR) is 124 cm³/mol. The zero-order valence-electron chi connectivity index (χ0n) is 18.7. The van der Waals surface area contributed by atoms with Gasteiger partial charge in [-0.15, -0.1) is 0 Å². The van der Waals surface area contributed by atoms with Gasteiger partial charge in [0.25, 0.3) is 5.91 Å². The number of fused-ring (bicyclic) bond motifs is 4. The van der Waals surface area contributed by atoms with Gasteiger partial charge in [0.15, 0.2) is 18.0 Å². The van der Waals surface area contributed by atoms with Crippen molar-refractivity contribution in [2.45, 2.75) is 31.6 Å².